The van der Waals surface area contributed by atoms with Crippen LogP contribution in [0.25, 0.3) is 28.9 Å². The van der Waals surface area contributed by atoms with Crippen LogP contribution < -0.4 is 0 Å². The number of thiophene rings is 4. The Kier molecular flexibility index (Phi) is 5.94. The molecule has 0 nitrogen and oxygen atoms in total. The zero-order valence-corrected chi connectivity index (χ0v) is 18.6. The van der Waals surface area contributed by atoms with E-state index in [2.05, 4.69) is 48.9 Å². The van der Waals surface area contributed by atoms with E-state index < -0.39 is 0 Å². The van der Waals surface area contributed by atoms with E-state index in [0.717, 1.165) is 0 Å². The quantitative estimate of drug-likeness (QED) is 0.268. The average Bonchev–Trinajstić information content (AvgIpc) is 3.39. The highest BCUT2D eigenvalue weighted by Gasteiger charge is 2.15. The monoisotopic (exact) mass is 416 g/mol. The molecular weight excluding hydrogens is 393 g/mol. The lowest BCUT2D eigenvalue weighted by atomic mass is 10.1. The third kappa shape index (κ3) is 3.70. The number of aryl methyl sites for hydroxylation is 2. The summed E-state index contributed by atoms with van der Waals surface area (Å²) in [5.74, 6) is 0. The molecule has 0 aliphatic heterocycles. The Balaban J connectivity index is 1.62. The smallest absolute Gasteiger partial charge is 0.0475 e. The number of hydrogen-bond donors (Lipinski definition) is 0. The highest BCUT2D eigenvalue weighted by atomic mass is 32.1. The first-order valence-corrected chi connectivity index (χ1v) is 12.9. The second kappa shape index (κ2) is 8.39. The van der Waals surface area contributed by atoms with Crippen LogP contribution in [0, 0.1) is 0 Å². The van der Waals surface area contributed by atoms with Crippen molar-refractivity contribution < 1.29 is 0 Å². The highest BCUT2D eigenvalue weighted by Crippen LogP contribution is 2.45. The summed E-state index contributed by atoms with van der Waals surface area (Å²) < 4.78 is 2.90. The Bertz CT molecular complexity index is 872. The van der Waals surface area contributed by atoms with E-state index in [1.54, 1.807) is 0 Å². The van der Waals surface area contributed by atoms with Crippen LogP contribution in [0.4, 0.5) is 0 Å². The van der Waals surface area contributed by atoms with E-state index in [1.165, 1.54) is 78.6 Å². The van der Waals surface area contributed by atoms with Crippen LogP contribution in [0.15, 0.2) is 35.0 Å². The molecule has 4 heterocycles. The van der Waals surface area contributed by atoms with Gasteiger partial charge >= 0.3 is 0 Å². The van der Waals surface area contributed by atoms with Crippen molar-refractivity contribution >= 4 is 54.7 Å². The topological polar surface area (TPSA) is 0 Å². The second-order valence-corrected chi connectivity index (χ2v) is 10.7. The van der Waals surface area contributed by atoms with Gasteiger partial charge in [-0.3, -0.25) is 0 Å². The van der Waals surface area contributed by atoms with Crippen molar-refractivity contribution in [1.29, 1.82) is 0 Å². The van der Waals surface area contributed by atoms with Crippen molar-refractivity contribution in [1.82, 2.24) is 0 Å². The van der Waals surface area contributed by atoms with Gasteiger partial charge in [-0.1, -0.05) is 26.7 Å². The zero-order chi connectivity index (χ0) is 17.9. The van der Waals surface area contributed by atoms with Gasteiger partial charge in [-0.2, -0.15) is 0 Å². The minimum absolute atomic E-state index is 1.21. The molecule has 4 aromatic rings. The van der Waals surface area contributed by atoms with Gasteiger partial charge in [-0.25, -0.2) is 0 Å². The molecule has 4 heteroatoms. The van der Waals surface area contributed by atoms with Crippen LogP contribution in [-0.4, -0.2) is 0 Å². The zero-order valence-electron chi connectivity index (χ0n) is 15.3. The third-order valence-electron chi connectivity index (χ3n) is 4.75. The Labute approximate surface area is 172 Å². The normalized spacial score (nSPS) is 11.6. The summed E-state index contributed by atoms with van der Waals surface area (Å²) in [6.07, 6.45) is 7.52. The standard InChI is InChI=1S/C22H24S4/c1-3-5-7-15-9-11-23-21(15)19-13-17-18(25-19)14-20(26-17)22-16(8-6-4-2)10-12-24-22/h9-14H,3-8H2,1-2H3. The van der Waals surface area contributed by atoms with E-state index in [0.29, 0.717) is 0 Å². The summed E-state index contributed by atoms with van der Waals surface area (Å²) in [5, 5.41) is 4.51. The van der Waals surface area contributed by atoms with Crippen molar-refractivity contribution in [2.75, 3.05) is 0 Å². The van der Waals surface area contributed by atoms with Crippen molar-refractivity contribution in [2.24, 2.45) is 0 Å². The third-order valence-corrected chi connectivity index (χ3v) is 9.31. The van der Waals surface area contributed by atoms with Gasteiger partial charge in [0.25, 0.3) is 0 Å². The van der Waals surface area contributed by atoms with Gasteiger partial charge in [0.2, 0.25) is 0 Å². The molecule has 0 fully saturated rings. The summed E-state index contributed by atoms with van der Waals surface area (Å²) in [5.41, 5.74) is 3.07. The fourth-order valence-electron chi connectivity index (χ4n) is 3.29. The number of unbranched alkanes of at least 4 members (excludes halogenated alkanes) is 2. The molecule has 0 saturated heterocycles. The van der Waals surface area contributed by atoms with Crippen molar-refractivity contribution in [3.63, 3.8) is 0 Å². The molecule has 0 unspecified atom stereocenters. The maximum atomic E-state index is 2.43. The first-order valence-electron chi connectivity index (χ1n) is 9.47. The molecule has 0 atom stereocenters. The Morgan fingerprint density at radius 3 is 1.58 bits per heavy atom. The van der Waals surface area contributed by atoms with Gasteiger partial charge in [0.05, 0.1) is 0 Å². The Hall–Kier alpha value is -0.940. The van der Waals surface area contributed by atoms with Crippen molar-refractivity contribution in [3.05, 3.63) is 46.2 Å². The van der Waals surface area contributed by atoms with Crippen LogP contribution in [0.5, 0.6) is 0 Å². The number of rotatable bonds is 8. The minimum atomic E-state index is 1.21. The van der Waals surface area contributed by atoms with Gasteiger partial charge in [-0.05, 0) is 71.8 Å². The van der Waals surface area contributed by atoms with Gasteiger partial charge in [0.1, 0.15) is 0 Å². The molecule has 4 aromatic heterocycles. The molecule has 0 spiro atoms. The summed E-state index contributed by atoms with van der Waals surface area (Å²) in [4.78, 5) is 5.90. The molecule has 0 aliphatic carbocycles. The molecule has 0 aliphatic rings. The van der Waals surface area contributed by atoms with E-state index >= 15 is 0 Å². The number of hydrogen-bond acceptors (Lipinski definition) is 4. The van der Waals surface area contributed by atoms with Gasteiger partial charge < -0.3 is 0 Å². The van der Waals surface area contributed by atoms with E-state index in [4.69, 9.17) is 0 Å². The van der Waals surface area contributed by atoms with E-state index in [1.807, 2.05) is 45.3 Å². The average molecular weight is 417 g/mol. The molecule has 0 radical (unpaired) electrons. The predicted molar refractivity (Wildman–Crippen MR) is 124 cm³/mol. The molecule has 0 saturated carbocycles. The lowest BCUT2D eigenvalue weighted by Gasteiger charge is -2.01. The molecule has 0 aromatic carbocycles. The van der Waals surface area contributed by atoms with Crippen LogP contribution >= 0.6 is 45.3 Å². The summed E-state index contributed by atoms with van der Waals surface area (Å²) in [6, 6.07) is 9.49. The fraction of sp³-hybridized carbons (Fsp3) is 0.364. The number of fused-ring (bicyclic) bond motifs is 1. The van der Waals surface area contributed by atoms with Crippen LogP contribution in [0.2, 0.25) is 0 Å². The fourth-order valence-corrected chi connectivity index (χ4v) is 7.91. The minimum Gasteiger partial charge on any atom is -0.143 e. The molecule has 0 amide bonds. The molecule has 26 heavy (non-hydrogen) atoms. The van der Waals surface area contributed by atoms with E-state index in [9.17, 15) is 0 Å². The van der Waals surface area contributed by atoms with Crippen molar-refractivity contribution in [2.45, 2.75) is 52.4 Å². The van der Waals surface area contributed by atoms with Gasteiger partial charge in [0.15, 0.2) is 0 Å². The second-order valence-electron chi connectivity index (χ2n) is 6.71. The summed E-state index contributed by atoms with van der Waals surface area (Å²) >= 11 is 7.74. The molecular formula is C22H24S4. The van der Waals surface area contributed by atoms with E-state index in [-0.39, 0.29) is 0 Å². The maximum Gasteiger partial charge on any atom is 0.0475 e. The van der Waals surface area contributed by atoms with Crippen LogP contribution in [0.1, 0.15) is 50.7 Å². The SMILES string of the molecule is CCCCc1ccsc1-c1cc2sc(-c3sccc3CCCC)cc2s1. The molecule has 4 rings (SSSR count). The van der Waals surface area contributed by atoms with Crippen LogP contribution in [0.3, 0.4) is 0 Å². The molecule has 136 valence electrons. The highest BCUT2D eigenvalue weighted by molar-refractivity contribution is 7.33. The maximum absolute atomic E-state index is 2.43. The Morgan fingerprint density at radius 2 is 1.15 bits per heavy atom. The predicted octanol–water partition coefficient (Wildman–Crippen LogP) is 9.10. The van der Waals surface area contributed by atoms with Gasteiger partial charge in [-0.15, -0.1) is 45.3 Å². The van der Waals surface area contributed by atoms with Crippen molar-refractivity contribution in [3.8, 4) is 19.5 Å². The lowest BCUT2D eigenvalue weighted by molar-refractivity contribution is 0.798. The van der Waals surface area contributed by atoms with Crippen LogP contribution in [-0.2, 0) is 12.8 Å². The molecule has 0 N–H and O–H groups in total. The summed E-state index contributed by atoms with van der Waals surface area (Å²) in [7, 11) is 0. The first-order chi connectivity index (χ1) is 12.8. The molecule has 0 bridgehead atoms. The lowest BCUT2D eigenvalue weighted by Crippen LogP contribution is -1.83. The Morgan fingerprint density at radius 1 is 0.692 bits per heavy atom. The van der Waals surface area contributed by atoms with Gasteiger partial charge in [0, 0.05) is 28.9 Å². The largest absolute Gasteiger partial charge is 0.143 e. The summed E-state index contributed by atoms with van der Waals surface area (Å²) in [6.45, 7) is 4.54. The first kappa shape index (κ1) is 18.4.